The summed E-state index contributed by atoms with van der Waals surface area (Å²) in [5.41, 5.74) is 2.74. The van der Waals surface area contributed by atoms with E-state index in [2.05, 4.69) is 10.2 Å². The highest BCUT2D eigenvalue weighted by Gasteiger charge is 2.17. The number of rotatable bonds is 9. The molecular weight excluding hydrogens is 440 g/mol. The summed E-state index contributed by atoms with van der Waals surface area (Å²) >= 11 is 0. The van der Waals surface area contributed by atoms with Gasteiger partial charge in [0.25, 0.3) is 11.5 Å². The van der Waals surface area contributed by atoms with Gasteiger partial charge in [-0.1, -0.05) is 48.5 Å². The Morgan fingerprint density at radius 1 is 1.00 bits per heavy atom. The van der Waals surface area contributed by atoms with Gasteiger partial charge in [0.05, 0.1) is 24.6 Å². The molecule has 0 saturated carbocycles. The lowest BCUT2D eigenvalue weighted by Crippen LogP contribution is -2.33. The smallest absolute Gasteiger partial charge is 0.263 e. The molecule has 0 radical (unpaired) electrons. The molecule has 0 fully saturated rings. The van der Waals surface area contributed by atoms with E-state index in [9.17, 15) is 9.59 Å². The van der Waals surface area contributed by atoms with Crippen molar-refractivity contribution >= 4 is 22.8 Å². The van der Waals surface area contributed by atoms with Crippen LogP contribution in [0.15, 0.2) is 77.6 Å². The lowest BCUT2D eigenvalue weighted by molar-refractivity contribution is 0.0951. The first-order valence-electron chi connectivity index (χ1n) is 11.8. The first kappa shape index (κ1) is 24.0. The maximum atomic E-state index is 13.5. The number of aromatic nitrogens is 2. The number of ether oxygens (including phenoxy) is 1. The number of nitrogens with one attached hydrogen (secondary N) is 1. The molecule has 7 heteroatoms. The van der Waals surface area contributed by atoms with Gasteiger partial charge in [0.2, 0.25) is 5.95 Å². The lowest BCUT2D eigenvalue weighted by Gasteiger charge is -2.24. The number of para-hydroxylation sites is 1. The SMILES string of the molecule is CCN(CC)c1nc2cc(C(=O)NCc3ccccc3OC)ccc2c(=O)n1Cc1ccccc1. The fourth-order valence-electron chi connectivity index (χ4n) is 4.13. The molecular formula is C28H30N4O3. The standard InChI is InChI=1S/C28H30N4O3/c1-4-31(5-2)28-30-24-17-21(26(33)29-18-22-13-9-10-14-25(22)35-3)15-16-23(24)27(34)32(28)19-20-11-7-6-8-12-20/h6-17H,4-5,18-19H2,1-3H3,(H,29,33). The van der Waals surface area contributed by atoms with E-state index in [1.165, 1.54) is 0 Å². The lowest BCUT2D eigenvalue weighted by atomic mass is 10.1. The second-order valence-electron chi connectivity index (χ2n) is 8.19. The van der Waals surface area contributed by atoms with Crippen molar-refractivity contribution in [3.05, 3.63) is 99.8 Å². The van der Waals surface area contributed by atoms with Crippen LogP contribution in [0.3, 0.4) is 0 Å². The molecule has 35 heavy (non-hydrogen) atoms. The summed E-state index contributed by atoms with van der Waals surface area (Å²) in [6, 6.07) is 22.5. The molecule has 0 saturated heterocycles. The summed E-state index contributed by atoms with van der Waals surface area (Å²) in [6.45, 7) is 6.25. The van der Waals surface area contributed by atoms with Crippen LogP contribution in [0.5, 0.6) is 5.75 Å². The van der Waals surface area contributed by atoms with Crippen molar-refractivity contribution in [3.63, 3.8) is 0 Å². The van der Waals surface area contributed by atoms with Crippen molar-refractivity contribution < 1.29 is 9.53 Å². The minimum atomic E-state index is -0.238. The molecule has 4 rings (SSSR count). The molecule has 0 aliphatic carbocycles. The summed E-state index contributed by atoms with van der Waals surface area (Å²) in [5.74, 6) is 1.08. The van der Waals surface area contributed by atoms with Crippen molar-refractivity contribution in [2.24, 2.45) is 0 Å². The number of carbonyl (C=O) groups is 1. The molecule has 0 bridgehead atoms. The van der Waals surface area contributed by atoms with Crippen LogP contribution in [0.1, 0.15) is 35.3 Å². The number of hydrogen-bond donors (Lipinski definition) is 1. The van der Waals surface area contributed by atoms with Crippen LogP contribution in [0, 0.1) is 0 Å². The van der Waals surface area contributed by atoms with E-state index < -0.39 is 0 Å². The predicted octanol–water partition coefficient (Wildman–Crippen LogP) is 4.23. The molecule has 180 valence electrons. The third-order valence-corrected chi connectivity index (χ3v) is 6.06. The average Bonchev–Trinajstić information content (AvgIpc) is 2.90. The third-order valence-electron chi connectivity index (χ3n) is 6.06. The van der Waals surface area contributed by atoms with Gasteiger partial charge in [-0.2, -0.15) is 0 Å². The minimum Gasteiger partial charge on any atom is -0.496 e. The molecule has 1 heterocycles. The first-order valence-corrected chi connectivity index (χ1v) is 11.8. The summed E-state index contributed by atoms with van der Waals surface area (Å²) in [7, 11) is 1.60. The molecule has 0 aliphatic heterocycles. The molecule has 1 aromatic heterocycles. The van der Waals surface area contributed by atoms with Crippen LogP contribution in [-0.2, 0) is 13.1 Å². The highest BCUT2D eigenvalue weighted by molar-refractivity contribution is 5.97. The highest BCUT2D eigenvalue weighted by Crippen LogP contribution is 2.20. The van der Waals surface area contributed by atoms with Crippen molar-refractivity contribution in [1.29, 1.82) is 0 Å². The second kappa shape index (κ2) is 10.9. The van der Waals surface area contributed by atoms with Crippen LogP contribution >= 0.6 is 0 Å². The van der Waals surface area contributed by atoms with Crippen molar-refractivity contribution in [1.82, 2.24) is 14.9 Å². The van der Waals surface area contributed by atoms with Crippen LogP contribution in [0.2, 0.25) is 0 Å². The Morgan fingerprint density at radius 2 is 1.71 bits per heavy atom. The van der Waals surface area contributed by atoms with Crippen molar-refractivity contribution in [2.75, 3.05) is 25.1 Å². The minimum absolute atomic E-state index is 0.123. The van der Waals surface area contributed by atoms with Crippen molar-refractivity contribution in [3.8, 4) is 5.75 Å². The second-order valence-corrected chi connectivity index (χ2v) is 8.19. The Balaban J connectivity index is 1.69. The highest BCUT2D eigenvalue weighted by atomic mass is 16.5. The van der Waals surface area contributed by atoms with Gasteiger partial charge in [-0.15, -0.1) is 0 Å². The zero-order valence-corrected chi connectivity index (χ0v) is 20.3. The first-order chi connectivity index (χ1) is 17.0. The van der Waals surface area contributed by atoms with Gasteiger partial charge >= 0.3 is 0 Å². The maximum Gasteiger partial charge on any atom is 0.263 e. The number of amides is 1. The number of benzene rings is 3. The van der Waals surface area contributed by atoms with Gasteiger partial charge in [0.1, 0.15) is 5.75 Å². The van der Waals surface area contributed by atoms with E-state index in [4.69, 9.17) is 9.72 Å². The number of anilines is 1. The molecule has 1 amide bonds. The Morgan fingerprint density at radius 3 is 2.43 bits per heavy atom. The Bertz CT molecular complexity index is 1380. The molecule has 1 N–H and O–H groups in total. The third kappa shape index (κ3) is 5.19. The van der Waals surface area contributed by atoms with Crippen LogP contribution < -0.4 is 20.5 Å². The summed E-state index contributed by atoms with van der Waals surface area (Å²) in [5, 5.41) is 3.42. The number of nitrogens with zero attached hydrogens (tertiary/aromatic N) is 3. The Labute approximate surface area is 205 Å². The maximum absolute atomic E-state index is 13.5. The van der Waals surface area contributed by atoms with Crippen LogP contribution in [0.4, 0.5) is 5.95 Å². The quantitative estimate of drug-likeness (QED) is 0.396. The molecule has 0 spiro atoms. The average molecular weight is 471 g/mol. The normalized spacial score (nSPS) is 10.8. The molecule has 0 atom stereocenters. The van der Waals surface area contributed by atoms with E-state index in [0.717, 1.165) is 16.9 Å². The number of carbonyl (C=O) groups excluding carboxylic acids is 1. The van der Waals surface area contributed by atoms with Crippen LogP contribution in [0.25, 0.3) is 10.9 Å². The van der Waals surface area contributed by atoms with E-state index in [0.29, 0.717) is 48.6 Å². The van der Waals surface area contributed by atoms with Gasteiger partial charge in [0.15, 0.2) is 0 Å². The molecule has 7 nitrogen and oxygen atoms in total. The summed E-state index contributed by atoms with van der Waals surface area (Å²) < 4.78 is 7.08. The number of hydrogen-bond acceptors (Lipinski definition) is 5. The zero-order chi connectivity index (χ0) is 24.8. The van der Waals surface area contributed by atoms with E-state index in [-0.39, 0.29) is 11.5 Å². The monoisotopic (exact) mass is 470 g/mol. The van der Waals surface area contributed by atoms with E-state index >= 15 is 0 Å². The number of fused-ring (bicyclic) bond motifs is 1. The predicted molar refractivity (Wildman–Crippen MR) is 139 cm³/mol. The topological polar surface area (TPSA) is 76.5 Å². The van der Waals surface area contributed by atoms with Crippen molar-refractivity contribution in [2.45, 2.75) is 26.9 Å². The fraction of sp³-hybridized carbons (Fsp3) is 0.250. The van der Waals surface area contributed by atoms with Gasteiger partial charge in [0, 0.05) is 30.8 Å². The van der Waals surface area contributed by atoms with Crippen LogP contribution in [-0.4, -0.2) is 35.7 Å². The largest absolute Gasteiger partial charge is 0.496 e. The molecule has 0 aliphatic rings. The molecule has 3 aromatic carbocycles. The summed E-state index contributed by atoms with van der Waals surface area (Å²) in [6.07, 6.45) is 0. The zero-order valence-electron chi connectivity index (χ0n) is 20.3. The summed E-state index contributed by atoms with van der Waals surface area (Å²) in [4.78, 5) is 33.4. The van der Waals surface area contributed by atoms with E-state index in [1.54, 1.807) is 29.9 Å². The van der Waals surface area contributed by atoms with Gasteiger partial charge in [-0.3, -0.25) is 14.2 Å². The number of methoxy groups -OCH3 is 1. The fourth-order valence-corrected chi connectivity index (χ4v) is 4.13. The molecule has 4 aromatic rings. The Kier molecular flexibility index (Phi) is 7.45. The van der Waals surface area contributed by atoms with E-state index in [1.807, 2.05) is 68.4 Å². The van der Waals surface area contributed by atoms with Gasteiger partial charge in [-0.25, -0.2) is 4.98 Å². The Hall–Kier alpha value is -4.13. The van der Waals surface area contributed by atoms with Gasteiger partial charge in [-0.05, 0) is 43.7 Å². The van der Waals surface area contributed by atoms with Gasteiger partial charge < -0.3 is 15.0 Å². The molecule has 0 unspecified atom stereocenters.